The van der Waals surface area contributed by atoms with E-state index in [-0.39, 0.29) is 11.7 Å². The number of anilines is 1. The molecule has 1 aliphatic heterocycles. The molecule has 0 saturated carbocycles. The highest BCUT2D eigenvalue weighted by Gasteiger charge is 2.24. The maximum atomic E-state index is 12.5. The number of aromatic nitrogens is 4. The number of nitrogens with two attached hydrogens (primary N) is 1. The first-order valence-electron chi connectivity index (χ1n) is 9.95. The fourth-order valence-electron chi connectivity index (χ4n) is 4.37. The van der Waals surface area contributed by atoms with Crippen LogP contribution in [0.1, 0.15) is 35.1 Å². The van der Waals surface area contributed by atoms with Crippen LogP contribution in [-0.4, -0.2) is 37.5 Å². The number of piperidine rings is 1. The van der Waals surface area contributed by atoms with E-state index >= 15 is 0 Å². The van der Waals surface area contributed by atoms with Crippen LogP contribution in [0.15, 0.2) is 29.1 Å². The summed E-state index contributed by atoms with van der Waals surface area (Å²) in [6.45, 7) is 6.66. The van der Waals surface area contributed by atoms with Gasteiger partial charge in [0, 0.05) is 24.0 Å². The van der Waals surface area contributed by atoms with Crippen molar-refractivity contribution in [3.05, 3.63) is 51.0 Å². The molecule has 0 aliphatic carbocycles. The molecule has 1 saturated heterocycles. The fourth-order valence-corrected chi connectivity index (χ4v) is 5.43. The van der Waals surface area contributed by atoms with E-state index in [4.69, 9.17) is 10.7 Å². The minimum atomic E-state index is -0.0188. The van der Waals surface area contributed by atoms with Crippen LogP contribution < -0.4 is 11.4 Å². The fraction of sp³-hybridized carbons (Fsp3) is 0.381. The van der Waals surface area contributed by atoms with Gasteiger partial charge in [0.25, 0.3) is 0 Å². The molecule has 0 unspecified atom stereocenters. The number of benzene rings is 1. The van der Waals surface area contributed by atoms with E-state index in [1.165, 1.54) is 10.4 Å². The molecule has 3 N–H and O–H groups in total. The molecule has 0 radical (unpaired) electrons. The van der Waals surface area contributed by atoms with Gasteiger partial charge >= 0.3 is 5.69 Å². The molecule has 1 aromatic carbocycles. The summed E-state index contributed by atoms with van der Waals surface area (Å²) in [4.78, 5) is 29.3. The Labute approximate surface area is 172 Å². The number of H-pyrrole nitrogens is 1. The highest BCUT2D eigenvalue weighted by Crippen LogP contribution is 2.32. The number of para-hydroxylation sites is 2. The second-order valence-corrected chi connectivity index (χ2v) is 9.02. The monoisotopic (exact) mass is 408 g/mol. The third-order valence-electron chi connectivity index (χ3n) is 6.01. The topological polar surface area (TPSA) is 92.8 Å². The quantitative estimate of drug-likeness (QED) is 0.542. The zero-order valence-electron chi connectivity index (χ0n) is 16.6. The summed E-state index contributed by atoms with van der Waals surface area (Å²) in [7, 11) is 0. The third kappa shape index (κ3) is 3.12. The molecule has 1 aliphatic rings. The van der Waals surface area contributed by atoms with Gasteiger partial charge in [0.1, 0.15) is 16.5 Å². The van der Waals surface area contributed by atoms with Gasteiger partial charge in [-0.15, -0.1) is 11.3 Å². The molecule has 0 amide bonds. The lowest BCUT2D eigenvalue weighted by Crippen LogP contribution is -2.37. The zero-order valence-corrected chi connectivity index (χ0v) is 17.4. The van der Waals surface area contributed by atoms with Crippen LogP contribution in [0, 0.1) is 13.8 Å². The van der Waals surface area contributed by atoms with E-state index in [0.717, 1.165) is 53.0 Å². The summed E-state index contributed by atoms with van der Waals surface area (Å²) in [6, 6.07) is 8.10. The number of imidazole rings is 1. The smallest absolute Gasteiger partial charge is 0.326 e. The Morgan fingerprint density at radius 1 is 1.21 bits per heavy atom. The van der Waals surface area contributed by atoms with Crippen LogP contribution in [0.3, 0.4) is 0 Å². The van der Waals surface area contributed by atoms with Gasteiger partial charge in [-0.1, -0.05) is 12.1 Å². The minimum absolute atomic E-state index is 0.0188. The highest BCUT2D eigenvalue weighted by molar-refractivity contribution is 7.18. The number of nitrogen functional groups attached to an aromatic ring is 1. The molecule has 4 aromatic rings. The van der Waals surface area contributed by atoms with Crippen LogP contribution in [0.5, 0.6) is 0 Å². The second kappa shape index (κ2) is 6.96. The number of hydrogen-bond donors (Lipinski definition) is 2. The molecule has 7 nitrogen and oxygen atoms in total. The molecule has 5 rings (SSSR count). The van der Waals surface area contributed by atoms with Gasteiger partial charge in [-0.05, 0) is 44.4 Å². The number of aryl methyl sites for hydroxylation is 2. The van der Waals surface area contributed by atoms with Crippen molar-refractivity contribution in [3.63, 3.8) is 0 Å². The van der Waals surface area contributed by atoms with Crippen molar-refractivity contribution in [1.82, 2.24) is 24.4 Å². The van der Waals surface area contributed by atoms with Crippen molar-refractivity contribution >= 4 is 38.4 Å². The van der Waals surface area contributed by atoms with Gasteiger partial charge in [-0.2, -0.15) is 0 Å². The molecule has 150 valence electrons. The van der Waals surface area contributed by atoms with E-state index in [2.05, 4.69) is 28.7 Å². The van der Waals surface area contributed by atoms with Crippen molar-refractivity contribution in [2.24, 2.45) is 0 Å². The van der Waals surface area contributed by atoms with E-state index in [1.54, 1.807) is 11.3 Å². The lowest BCUT2D eigenvalue weighted by atomic mass is 10.0. The standard InChI is InChI=1S/C21H24N6OS/c1-12-13(2)29-20-18(12)19(22)24-17(25-20)11-26-9-7-14(8-10-26)27-16-6-4-3-5-15(16)23-21(27)28/h3-6,14H,7-11H2,1-2H3,(H,23,28)(H2,22,24,25). The molecular weight excluding hydrogens is 384 g/mol. The van der Waals surface area contributed by atoms with Crippen molar-refractivity contribution in [3.8, 4) is 0 Å². The summed E-state index contributed by atoms with van der Waals surface area (Å²) in [5, 5.41) is 0.994. The third-order valence-corrected chi connectivity index (χ3v) is 7.12. The number of likely N-dealkylation sites (tertiary alicyclic amines) is 1. The Morgan fingerprint density at radius 2 is 1.97 bits per heavy atom. The number of aromatic amines is 1. The lowest BCUT2D eigenvalue weighted by Gasteiger charge is -2.32. The van der Waals surface area contributed by atoms with Crippen molar-refractivity contribution < 1.29 is 0 Å². The Kier molecular flexibility index (Phi) is 4.40. The van der Waals surface area contributed by atoms with Gasteiger partial charge in [-0.25, -0.2) is 14.8 Å². The van der Waals surface area contributed by atoms with Gasteiger partial charge in [0.15, 0.2) is 0 Å². The normalized spacial score (nSPS) is 16.2. The summed E-state index contributed by atoms with van der Waals surface area (Å²) >= 11 is 1.68. The number of hydrogen-bond acceptors (Lipinski definition) is 6. The molecule has 8 heteroatoms. The van der Waals surface area contributed by atoms with Crippen LogP contribution in [0.4, 0.5) is 5.82 Å². The van der Waals surface area contributed by atoms with E-state index in [1.807, 2.05) is 28.8 Å². The maximum absolute atomic E-state index is 12.5. The average Bonchev–Trinajstić information content (AvgIpc) is 3.18. The molecule has 4 heterocycles. The first-order valence-corrected chi connectivity index (χ1v) is 10.8. The van der Waals surface area contributed by atoms with E-state index < -0.39 is 0 Å². The van der Waals surface area contributed by atoms with Crippen molar-refractivity contribution in [2.45, 2.75) is 39.3 Å². The minimum Gasteiger partial charge on any atom is -0.383 e. The number of rotatable bonds is 3. The zero-order chi connectivity index (χ0) is 20.1. The SMILES string of the molecule is Cc1sc2nc(CN3CCC(n4c(=O)[nH]c5ccccc54)CC3)nc(N)c2c1C. The molecule has 3 aromatic heterocycles. The first kappa shape index (κ1) is 18.3. The van der Waals surface area contributed by atoms with Crippen LogP contribution >= 0.6 is 11.3 Å². The molecular formula is C21H24N6OS. The largest absolute Gasteiger partial charge is 0.383 e. The summed E-state index contributed by atoms with van der Waals surface area (Å²) in [6.07, 6.45) is 1.85. The summed E-state index contributed by atoms with van der Waals surface area (Å²) in [5.41, 5.74) is 9.28. The van der Waals surface area contributed by atoms with Crippen LogP contribution in [0.2, 0.25) is 0 Å². The van der Waals surface area contributed by atoms with Crippen molar-refractivity contribution in [1.29, 1.82) is 0 Å². The Bertz CT molecular complexity index is 1260. The molecule has 29 heavy (non-hydrogen) atoms. The van der Waals surface area contributed by atoms with Crippen molar-refractivity contribution in [2.75, 3.05) is 18.8 Å². The van der Waals surface area contributed by atoms with Gasteiger partial charge in [0.2, 0.25) is 0 Å². The lowest BCUT2D eigenvalue weighted by molar-refractivity contribution is 0.176. The molecule has 0 bridgehead atoms. The van der Waals surface area contributed by atoms with E-state index in [9.17, 15) is 4.79 Å². The number of nitrogens with zero attached hydrogens (tertiary/aromatic N) is 4. The molecule has 0 spiro atoms. The Morgan fingerprint density at radius 3 is 2.76 bits per heavy atom. The number of nitrogens with one attached hydrogen (secondary N) is 1. The highest BCUT2D eigenvalue weighted by atomic mass is 32.1. The first-order chi connectivity index (χ1) is 14.0. The average molecular weight is 409 g/mol. The molecule has 0 atom stereocenters. The predicted octanol–water partition coefficient (Wildman–Crippen LogP) is 3.37. The Hall–Kier alpha value is -2.71. The van der Waals surface area contributed by atoms with Crippen LogP contribution in [0.25, 0.3) is 21.3 Å². The molecule has 1 fully saturated rings. The van der Waals surface area contributed by atoms with E-state index in [0.29, 0.717) is 12.4 Å². The van der Waals surface area contributed by atoms with Crippen LogP contribution in [-0.2, 0) is 6.54 Å². The van der Waals surface area contributed by atoms with Gasteiger partial charge < -0.3 is 10.7 Å². The number of fused-ring (bicyclic) bond motifs is 2. The predicted molar refractivity (Wildman–Crippen MR) is 117 cm³/mol. The number of thiophene rings is 1. The van der Waals surface area contributed by atoms with Gasteiger partial charge in [-0.3, -0.25) is 9.47 Å². The summed E-state index contributed by atoms with van der Waals surface area (Å²) in [5.74, 6) is 1.35. The maximum Gasteiger partial charge on any atom is 0.326 e. The second-order valence-electron chi connectivity index (χ2n) is 7.81. The van der Waals surface area contributed by atoms with Gasteiger partial charge in [0.05, 0.1) is 23.0 Å². The Balaban J connectivity index is 1.33. The summed E-state index contributed by atoms with van der Waals surface area (Å²) < 4.78 is 1.92.